The lowest BCUT2D eigenvalue weighted by molar-refractivity contribution is -0.119. The van der Waals surface area contributed by atoms with Crippen LogP contribution in [0, 0.1) is 0 Å². The summed E-state index contributed by atoms with van der Waals surface area (Å²) in [5.74, 6) is 0.182. The molecule has 100 valence electrons. The van der Waals surface area contributed by atoms with Crippen LogP contribution in [0.4, 0.5) is 0 Å². The first-order valence-corrected chi connectivity index (χ1v) is 7.55. The highest BCUT2D eigenvalue weighted by atomic mass is 32.1. The van der Waals surface area contributed by atoms with Crippen molar-refractivity contribution < 1.29 is 4.79 Å². The molecule has 0 saturated carbocycles. The zero-order chi connectivity index (χ0) is 13.2. The van der Waals surface area contributed by atoms with Gasteiger partial charge in [-0.3, -0.25) is 4.79 Å². The van der Waals surface area contributed by atoms with Gasteiger partial charge < -0.3 is 10.6 Å². The number of carbonyl (C=O) groups excluding carboxylic acids is 1. The number of fused-ring (bicyclic) bond motifs is 1. The third kappa shape index (κ3) is 2.80. The van der Waals surface area contributed by atoms with Crippen molar-refractivity contribution in [3.05, 3.63) is 35.2 Å². The first kappa shape index (κ1) is 12.6. The third-order valence-corrected chi connectivity index (χ3v) is 4.93. The lowest BCUT2D eigenvalue weighted by Crippen LogP contribution is -2.36. The van der Waals surface area contributed by atoms with E-state index in [2.05, 4.69) is 47.9 Å². The number of benzene rings is 1. The maximum Gasteiger partial charge on any atom is 0.220 e. The fourth-order valence-corrected chi connectivity index (χ4v) is 3.56. The molecule has 0 radical (unpaired) electrons. The van der Waals surface area contributed by atoms with Gasteiger partial charge in [0.15, 0.2) is 0 Å². The number of carbonyl (C=O) groups is 1. The van der Waals surface area contributed by atoms with E-state index in [1.54, 1.807) is 0 Å². The Labute approximate surface area is 117 Å². The van der Waals surface area contributed by atoms with Gasteiger partial charge in [-0.25, -0.2) is 0 Å². The number of hydrogen-bond donors (Lipinski definition) is 2. The average molecular weight is 274 g/mol. The highest BCUT2D eigenvalue weighted by Crippen LogP contribution is 2.29. The molecule has 0 spiro atoms. The van der Waals surface area contributed by atoms with E-state index in [0.717, 1.165) is 13.0 Å². The molecule has 3 nitrogen and oxygen atoms in total. The van der Waals surface area contributed by atoms with E-state index < -0.39 is 0 Å². The van der Waals surface area contributed by atoms with Crippen LogP contribution in [-0.4, -0.2) is 18.5 Å². The van der Waals surface area contributed by atoms with E-state index in [0.29, 0.717) is 18.5 Å². The summed E-state index contributed by atoms with van der Waals surface area (Å²) in [6, 6.07) is 11.3. The SMILES string of the molecule is CC(NCC1CCC(=O)N1)c1cc2ccccc2s1. The quantitative estimate of drug-likeness (QED) is 0.900. The van der Waals surface area contributed by atoms with Gasteiger partial charge in [-0.1, -0.05) is 18.2 Å². The lowest BCUT2D eigenvalue weighted by Gasteiger charge is -2.16. The molecule has 1 aliphatic rings. The maximum absolute atomic E-state index is 11.1. The second-order valence-corrected chi connectivity index (χ2v) is 6.23. The molecule has 2 aromatic rings. The van der Waals surface area contributed by atoms with Crippen molar-refractivity contribution in [3.63, 3.8) is 0 Å². The van der Waals surface area contributed by atoms with Gasteiger partial charge >= 0.3 is 0 Å². The smallest absolute Gasteiger partial charge is 0.220 e. The van der Waals surface area contributed by atoms with E-state index in [1.807, 2.05) is 11.3 Å². The zero-order valence-corrected chi connectivity index (χ0v) is 11.8. The van der Waals surface area contributed by atoms with Gasteiger partial charge in [0.2, 0.25) is 5.91 Å². The summed E-state index contributed by atoms with van der Waals surface area (Å²) in [4.78, 5) is 12.5. The molecule has 1 aromatic heterocycles. The standard InChI is InChI=1S/C15H18N2OS/c1-10(16-9-12-6-7-15(18)17-12)14-8-11-4-2-3-5-13(11)19-14/h2-5,8,10,12,16H,6-7,9H2,1H3,(H,17,18). The Kier molecular flexibility index (Phi) is 3.53. The summed E-state index contributed by atoms with van der Waals surface area (Å²) in [5.41, 5.74) is 0. The number of hydrogen-bond acceptors (Lipinski definition) is 3. The monoisotopic (exact) mass is 274 g/mol. The number of amides is 1. The molecule has 2 N–H and O–H groups in total. The van der Waals surface area contributed by atoms with Crippen LogP contribution in [0.5, 0.6) is 0 Å². The van der Waals surface area contributed by atoms with E-state index >= 15 is 0 Å². The van der Waals surface area contributed by atoms with Crippen LogP contribution >= 0.6 is 11.3 Å². The second kappa shape index (κ2) is 5.31. The predicted octanol–water partition coefficient (Wildman–Crippen LogP) is 2.83. The van der Waals surface area contributed by atoms with Crippen LogP contribution in [-0.2, 0) is 4.79 Å². The summed E-state index contributed by atoms with van der Waals surface area (Å²) < 4.78 is 1.33. The van der Waals surface area contributed by atoms with Gasteiger partial charge in [-0.2, -0.15) is 0 Å². The molecule has 1 amide bonds. The van der Waals surface area contributed by atoms with Crippen LogP contribution in [0.2, 0.25) is 0 Å². The second-order valence-electron chi connectivity index (χ2n) is 5.12. The van der Waals surface area contributed by atoms with Crippen molar-refractivity contribution >= 4 is 27.3 Å². The van der Waals surface area contributed by atoms with Crippen LogP contribution in [0.25, 0.3) is 10.1 Å². The summed E-state index contributed by atoms with van der Waals surface area (Å²) in [6.45, 7) is 3.03. The highest BCUT2D eigenvalue weighted by Gasteiger charge is 2.21. The molecule has 2 atom stereocenters. The molecule has 1 saturated heterocycles. The molecule has 1 aliphatic heterocycles. The fourth-order valence-electron chi connectivity index (χ4n) is 2.47. The molecule has 2 heterocycles. The molecule has 3 rings (SSSR count). The van der Waals surface area contributed by atoms with E-state index in [-0.39, 0.29) is 5.91 Å². The Balaban J connectivity index is 1.63. The van der Waals surface area contributed by atoms with Crippen LogP contribution in [0.3, 0.4) is 0 Å². The van der Waals surface area contributed by atoms with Crippen molar-refractivity contribution in [2.24, 2.45) is 0 Å². The van der Waals surface area contributed by atoms with Gasteiger partial charge in [0.1, 0.15) is 0 Å². The third-order valence-electron chi connectivity index (χ3n) is 3.63. The van der Waals surface area contributed by atoms with Gasteiger partial charge in [0, 0.05) is 34.6 Å². The van der Waals surface area contributed by atoms with Crippen molar-refractivity contribution in [3.8, 4) is 0 Å². The van der Waals surface area contributed by atoms with Crippen molar-refractivity contribution in [1.82, 2.24) is 10.6 Å². The molecular formula is C15H18N2OS. The summed E-state index contributed by atoms with van der Waals surface area (Å²) >= 11 is 1.84. The van der Waals surface area contributed by atoms with Crippen LogP contribution in [0.1, 0.15) is 30.7 Å². The molecule has 19 heavy (non-hydrogen) atoms. The fraction of sp³-hybridized carbons (Fsp3) is 0.400. The molecule has 4 heteroatoms. The van der Waals surface area contributed by atoms with Crippen molar-refractivity contribution in [2.45, 2.75) is 31.8 Å². The summed E-state index contributed by atoms with van der Waals surface area (Å²) in [6.07, 6.45) is 1.62. The van der Waals surface area contributed by atoms with Gasteiger partial charge in [0.25, 0.3) is 0 Å². The first-order chi connectivity index (χ1) is 9.22. The van der Waals surface area contributed by atoms with E-state index in [9.17, 15) is 4.79 Å². The van der Waals surface area contributed by atoms with Gasteiger partial charge in [-0.15, -0.1) is 11.3 Å². The molecule has 0 bridgehead atoms. The van der Waals surface area contributed by atoms with E-state index in [4.69, 9.17) is 0 Å². The Bertz CT molecular complexity index is 560. The maximum atomic E-state index is 11.1. The molecular weight excluding hydrogens is 256 g/mol. The van der Waals surface area contributed by atoms with Crippen LogP contribution < -0.4 is 10.6 Å². The Morgan fingerprint density at radius 1 is 1.47 bits per heavy atom. The minimum absolute atomic E-state index is 0.182. The van der Waals surface area contributed by atoms with Gasteiger partial charge in [-0.05, 0) is 30.9 Å². The van der Waals surface area contributed by atoms with E-state index in [1.165, 1.54) is 15.0 Å². The minimum atomic E-state index is 0.182. The molecule has 0 aliphatic carbocycles. The first-order valence-electron chi connectivity index (χ1n) is 6.73. The topological polar surface area (TPSA) is 41.1 Å². The average Bonchev–Trinajstić information content (AvgIpc) is 3.01. The number of thiophene rings is 1. The van der Waals surface area contributed by atoms with Crippen molar-refractivity contribution in [2.75, 3.05) is 6.54 Å². The van der Waals surface area contributed by atoms with Crippen LogP contribution in [0.15, 0.2) is 30.3 Å². The summed E-state index contributed by atoms with van der Waals surface area (Å²) in [5, 5.41) is 7.82. The minimum Gasteiger partial charge on any atom is -0.352 e. The Morgan fingerprint density at radius 2 is 2.32 bits per heavy atom. The van der Waals surface area contributed by atoms with Gasteiger partial charge in [0.05, 0.1) is 0 Å². The lowest BCUT2D eigenvalue weighted by atomic mass is 10.2. The number of nitrogens with one attached hydrogen (secondary N) is 2. The largest absolute Gasteiger partial charge is 0.352 e. The van der Waals surface area contributed by atoms with Crippen molar-refractivity contribution in [1.29, 1.82) is 0 Å². The molecule has 1 fully saturated rings. The predicted molar refractivity (Wildman–Crippen MR) is 79.4 cm³/mol. The summed E-state index contributed by atoms with van der Waals surface area (Å²) in [7, 11) is 0. The Morgan fingerprint density at radius 3 is 3.05 bits per heavy atom. The highest BCUT2D eigenvalue weighted by molar-refractivity contribution is 7.19. The number of rotatable bonds is 4. The molecule has 1 aromatic carbocycles. The normalized spacial score (nSPS) is 20.7. The Hall–Kier alpha value is -1.39. The zero-order valence-electron chi connectivity index (χ0n) is 11.0. The molecule has 2 unspecified atom stereocenters.